The number of carbonyl (C=O) groups is 1. The first-order chi connectivity index (χ1) is 8.25. The molecule has 88 valence electrons. The number of nitrogens with zero attached hydrogens (tertiary/aromatic N) is 1. The van der Waals surface area contributed by atoms with Crippen LogP contribution < -0.4 is 10.6 Å². The van der Waals surface area contributed by atoms with Gasteiger partial charge in [-0.1, -0.05) is 12.1 Å². The first-order valence-electron chi connectivity index (χ1n) is 5.24. The summed E-state index contributed by atoms with van der Waals surface area (Å²) in [5, 5.41) is 7.48. The van der Waals surface area contributed by atoms with E-state index in [9.17, 15) is 4.79 Å². The standard InChI is InChI=1S/C12H13N3OS/c1-9-4-2-6-13-11(9)15-12(16)14-8-10-5-3-7-17-10/h2-7H,8H2,1H3,(H2,13,14,15,16). The summed E-state index contributed by atoms with van der Waals surface area (Å²) < 4.78 is 0. The fourth-order valence-corrected chi connectivity index (χ4v) is 1.99. The van der Waals surface area contributed by atoms with Crippen molar-refractivity contribution in [2.24, 2.45) is 0 Å². The first kappa shape index (κ1) is 11.6. The number of urea groups is 1. The summed E-state index contributed by atoms with van der Waals surface area (Å²) in [7, 11) is 0. The van der Waals surface area contributed by atoms with Crippen LogP contribution in [-0.2, 0) is 6.54 Å². The minimum Gasteiger partial charge on any atom is -0.333 e. The van der Waals surface area contributed by atoms with Crippen LogP contribution in [0, 0.1) is 6.92 Å². The maximum absolute atomic E-state index is 11.6. The Morgan fingerprint density at radius 1 is 1.41 bits per heavy atom. The van der Waals surface area contributed by atoms with E-state index in [0.29, 0.717) is 12.4 Å². The van der Waals surface area contributed by atoms with Crippen molar-refractivity contribution in [1.29, 1.82) is 0 Å². The molecule has 0 aliphatic rings. The molecule has 2 aromatic heterocycles. The molecule has 0 aliphatic carbocycles. The smallest absolute Gasteiger partial charge is 0.320 e. The Bertz CT molecular complexity index is 496. The number of nitrogens with one attached hydrogen (secondary N) is 2. The molecule has 0 radical (unpaired) electrons. The maximum Gasteiger partial charge on any atom is 0.320 e. The summed E-state index contributed by atoms with van der Waals surface area (Å²) in [5.74, 6) is 0.594. The minimum atomic E-state index is -0.236. The number of hydrogen-bond acceptors (Lipinski definition) is 3. The molecule has 0 bridgehead atoms. The first-order valence-corrected chi connectivity index (χ1v) is 6.12. The van der Waals surface area contributed by atoms with E-state index < -0.39 is 0 Å². The highest BCUT2D eigenvalue weighted by atomic mass is 32.1. The average Bonchev–Trinajstić information content (AvgIpc) is 2.82. The molecule has 0 saturated carbocycles. The van der Waals surface area contributed by atoms with Gasteiger partial charge in [0.05, 0.1) is 6.54 Å². The number of amides is 2. The highest BCUT2D eigenvalue weighted by molar-refractivity contribution is 7.09. The van der Waals surface area contributed by atoms with Gasteiger partial charge in [0.25, 0.3) is 0 Å². The van der Waals surface area contributed by atoms with Crippen LogP contribution in [0.3, 0.4) is 0 Å². The van der Waals surface area contributed by atoms with Gasteiger partial charge in [-0.05, 0) is 30.0 Å². The van der Waals surface area contributed by atoms with Gasteiger partial charge in [0.1, 0.15) is 5.82 Å². The Labute approximate surface area is 104 Å². The summed E-state index contributed by atoms with van der Waals surface area (Å²) in [4.78, 5) is 16.8. The lowest BCUT2D eigenvalue weighted by molar-refractivity contribution is 0.251. The number of hydrogen-bond donors (Lipinski definition) is 2. The molecule has 0 fully saturated rings. The third-order valence-electron chi connectivity index (χ3n) is 2.24. The molecule has 0 spiro atoms. The second-order valence-electron chi connectivity index (χ2n) is 3.56. The monoisotopic (exact) mass is 247 g/mol. The highest BCUT2D eigenvalue weighted by Gasteiger charge is 2.04. The second kappa shape index (κ2) is 5.45. The average molecular weight is 247 g/mol. The predicted molar refractivity (Wildman–Crippen MR) is 69.2 cm³/mol. The van der Waals surface area contributed by atoms with Gasteiger partial charge in [-0.25, -0.2) is 9.78 Å². The molecule has 2 N–H and O–H groups in total. The topological polar surface area (TPSA) is 54.0 Å². The van der Waals surface area contributed by atoms with Crippen molar-refractivity contribution in [2.75, 3.05) is 5.32 Å². The van der Waals surface area contributed by atoms with Crippen LogP contribution in [0.5, 0.6) is 0 Å². The van der Waals surface area contributed by atoms with E-state index in [1.807, 2.05) is 36.6 Å². The normalized spacial score (nSPS) is 9.94. The molecule has 2 heterocycles. The van der Waals surface area contributed by atoms with Gasteiger partial charge < -0.3 is 5.32 Å². The molecule has 2 aromatic rings. The van der Waals surface area contributed by atoms with Crippen LogP contribution >= 0.6 is 11.3 Å². The Morgan fingerprint density at radius 3 is 3.00 bits per heavy atom. The molecule has 2 rings (SSSR count). The Morgan fingerprint density at radius 2 is 2.29 bits per heavy atom. The van der Waals surface area contributed by atoms with Gasteiger partial charge in [-0.15, -0.1) is 11.3 Å². The number of aryl methyl sites for hydroxylation is 1. The van der Waals surface area contributed by atoms with E-state index in [0.717, 1.165) is 10.4 Å². The van der Waals surface area contributed by atoms with E-state index in [-0.39, 0.29) is 6.03 Å². The van der Waals surface area contributed by atoms with Crippen molar-refractivity contribution in [3.05, 3.63) is 46.3 Å². The molecule has 0 unspecified atom stereocenters. The van der Waals surface area contributed by atoms with Gasteiger partial charge in [-0.3, -0.25) is 5.32 Å². The molecule has 2 amide bonds. The fourth-order valence-electron chi connectivity index (χ4n) is 1.35. The summed E-state index contributed by atoms with van der Waals surface area (Å²) in [6, 6.07) is 7.45. The minimum absolute atomic E-state index is 0.236. The molecule has 0 aliphatic heterocycles. The third-order valence-corrected chi connectivity index (χ3v) is 3.12. The lowest BCUT2D eigenvalue weighted by Crippen LogP contribution is -2.28. The quantitative estimate of drug-likeness (QED) is 0.876. The molecular formula is C12H13N3OS. The van der Waals surface area contributed by atoms with Crippen molar-refractivity contribution in [3.8, 4) is 0 Å². The molecule has 0 saturated heterocycles. The third kappa shape index (κ3) is 3.29. The van der Waals surface area contributed by atoms with Crippen LogP contribution in [0.15, 0.2) is 35.8 Å². The highest BCUT2D eigenvalue weighted by Crippen LogP contribution is 2.10. The van der Waals surface area contributed by atoms with Gasteiger partial charge in [-0.2, -0.15) is 0 Å². The number of thiophene rings is 1. The van der Waals surface area contributed by atoms with Crippen molar-refractivity contribution in [1.82, 2.24) is 10.3 Å². The van der Waals surface area contributed by atoms with Crippen molar-refractivity contribution in [2.45, 2.75) is 13.5 Å². The van der Waals surface area contributed by atoms with E-state index in [1.165, 1.54) is 0 Å². The zero-order valence-corrected chi connectivity index (χ0v) is 10.3. The van der Waals surface area contributed by atoms with E-state index >= 15 is 0 Å². The number of rotatable bonds is 3. The van der Waals surface area contributed by atoms with E-state index in [2.05, 4.69) is 15.6 Å². The fraction of sp³-hybridized carbons (Fsp3) is 0.167. The summed E-state index contributed by atoms with van der Waals surface area (Å²) in [5.41, 5.74) is 0.943. The Hall–Kier alpha value is -1.88. The van der Waals surface area contributed by atoms with Crippen molar-refractivity contribution >= 4 is 23.2 Å². The molecule has 0 atom stereocenters. The Balaban J connectivity index is 1.87. The lowest BCUT2D eigenvalue weighted by Gasteiger charge is -2.07. The van der Waals surface area contributed by atoms with Gasteiger partial charge in [0.15, 0.2) is 0 Å². The summed E-state index contributed by atoms with van der Waals surface area (Å²) in [6.07, 6.45) is 1.65. The largest absolute Gasteiger partial charge is 0.333 e. The molecule has 5 heteroatoms. The number of anilines is 1. The molecule has 4 nitrogen and oxygen atoms in total. The summed E-state index contributed by atoms with van der Waals surface area (Å²) >= 11 is 1.62. The van der Waals surface area contributed by atoms with Gasteiger partial charge in [0, 0.05) is 11.1 Å². The zero-order chi connectivity index (χ0) is 12.1. The predicted octanol–water partition coefficient (Wildman–Crippen LogP) is 2.77. The van der Waals surface area contributed by atoms with Crippen LogP contribution in [-0.4, -0.2) is 11.0 Å². The maximum atomic E-state index is 11.6. The van der Waals surface area contributed by atoms with Crippen LogP contribution in [0.4, 0.5) is 10.6 Å². The Kier molecular flexibility index (Phi) is 3.72. The van der Waals surface area contributed by atoms with Crippen molar-refractivity contribution in [3.63, 3.8) is 0 Å². The molecule has 17 heavy (non-hydrogen) atoms. The molecular weight excluding hydrogens is 234 g/mol. The molecule has 0 aromatic carbocycles. The second-order valence-corrected chi connectivity index (χ2v) is 4.59. The lowest BCUT2D eigenvalue weighted by atomic mass is 10.3. The van der Waals surface area contributed by atoms with Crippen LogP contribution in [0.1, 0.15) is 10.4 Å². The van der Waals surface area contributed by atoms with Gasteiger partial charge >= 0.3 is 6.03 Å². The van der Waals surface area contributed by atoms with Crippen LogP contribution in [0.25, 0.3) is 0 Å². The van der Waals surface area contributed by atoms with Gasteiger partial charge in [0.2, 0.25) is 0 Å². The zero-order valence-electron chi connectivity index (χ0n) is 9.43. The number of pyridine rings is 1. The van der Waals surface area contributed by atoms with Crippen LogP contribution in [0.2, 0.25) is 0 Å². The van der Waals surface area contributed by atoms with Crippen molar-refractivity contribution < 1.29 is 4.79 Å². The SMILES string of the molecule is Cc1cccnc1NC(=O)NCc1cccs1. The van der Waals surface area contributed by atoms with E-state index in [1.54, 1.807) is 17.5 Å². The summed E-state index contributed by atoms with van der Waals surface area (Å²) in [6.45, 7) is 2.44. The number of carbonyl (C=O) groups excluding carboxylic acids is 1. The number of aromatic nitrogens is 1. The van der Waals surface area contributed by atoms with E-state index in [4.69, 9.17) is 0 Å².